The van der Waals surface area contributed by atoms with Crippen LogP contribution in [0.3, 0.4) is 0 Å². The summed E-state index contributed by atoms with van der Waals surface area (Å²) in [6.45, 7) is 15.3. The maximum Gasteiger partial charge on any atom is 0.199 e. The van der Waals surface area contributed by atoms with Crippen LogP contribution in [-0.2, 0) is 33.2 Å². The second kappa shape index (κ2) is 26.9. The third kappa shape index (κ3) is 15.5. The third-order valence-electron chi connectivity index (χ3n) is 8.60. The lowest BCUT2D eigenvalue weighted by Gasteiger charge is -2.41. The Balaban J connectivity index is 2.33. The molecule has 2 atom stereocenters. The molecule has 2 rings (SSSR count). The third-order valence-corrected chi connectivity index (χ3v) is 8.60. The molecule has 0 aliphatic rings. The maximum absolute atomic E-state index is 6.64. The van der Waals surface area contributed by atoms with Gasteiger partial charge in [-0.25, -0.2) is 0 Å². The molecule has 0 fully saturated rings. The predicted molar refractivity (Wildman–Crippen MR) is 199 cm³/mol. The molecule has 0 saturated carbocycles. The Morgan fingerprint density at radius 3 is 1.08 bits per heavy atom. The fraction of sp³-hybridized carbons (Fsp3) is 0.714. The molecule has 0 N–H and O–H groups in total. The van der Waals surface area contributed by atoms with Crippen LogP contribution in [0.4, 0.5) is 0 Å². The van der Waals surface area contributed by atoms with Gasteiger partial charge in [0, 0.05) is 39.3 Å². The lowest BCUT2D eigenvalue weighted by molar-refractivity contribution is -0.326. The molecule has 0 aliphatic carbocycles. The Hall–Kier alpha value is -1.84. The number of hydrogen-bond acceptors (Lipinski definition) is 7. The summed E-state index contributed by atoms with van der Waals surface area (Å²) in [4.78, 5) is 0. The average molecular weight is 687 g/mol. The molecule has 0 spiro atoms. The Morgan fingerprint density at radius 2 is 0.776 bits per heavy atom. The Kier molecular flexibility index (Phi) is 23.8. The molecule has 0 bridgehead atoms. The van der Waals surface area contributed by atoms with E-state index >= 15 is 0 Å². The summed E-state index contributed by atoms with van der Waals surface area (Å²) in [6, 6.07) is 20.5. The first kappa shape index (κ1) is 43.3. The minimum Gasteiger partial charge on any atom is -0.347 e. The number of rotatable bonds is 32. The van der Waals surface area contributed by atoms with E-state index in [4.69, 9.17) is 33.2 Å². The van der Waals surface area contributed by atoms with Crippen LogP contribution in [0, 0.1) is 0 Å². The second-order valence-corrected chi connectivity index (χ2v) is 13.0. The number of unbranched alkanes of at least 4 members (excludes halogenated alkanes) is 6. The molecular weight excluding hydrogens is 616 g/mol. The normalized spacial score (nSPS) is 13.5. The summed E-state index contributed by atoms with van der Waals surface area (Å²) in [6.07, 6.45) is 13.0. The molecule has 2 aromatic rings. The largest absolute Gasteiger partial charge is 0.347 e. The zero-order valence-electron chi connectivity index (χ0n) is 31.9. The van der Waals surface area contributed by atoms with Crippen molar-refractivity contribution in [2.45, 2.75) is 155 Å². The van der Waals surface area contributed by atoms with Crippen LogP contribution in [0.1, 0.15) is 155 Å². The summed E-state index contributed by atoms with van der Waals surface area (Å²) in [5.74, 6) is -1.85. The SMILES string of the molecule is CCCCCCC(OCCC)(OCCC)C(OCOCOC(c1ccccc1)C(CCCCCC)(OCCC)OCCC)c1ccccc1. The van der Waals surface area contributed by atoms with Gasteiger partial charge in [-0.1, -0.05) is 141 Å². The van der Waals surface area contributed by atoms with Crippen LogP contribution in [0.25, 0.3) is 0 Å². The molecule has 280 valence electrons. The van der Waals surface area contributed by atoms with Gasteiger partial charge < -0.3 is 33.2 Å². The molecule has 49 heavy (non-hydrogen) atoms. The van der Waals surface area contributed by atoms with E-state index in [-0.39, 0.29) is 13.6 Å². The van der Waals surface area contributed by atoms with E-state index in [1.54, 1.807) is 0 Å². The average Bonchev–Trinajstić information content (AvgIpc) is 3.14. The highest BCUT2D eigenvalue weighted by Gasteiger charge is 2.44. The number of hydrogen-bond donors (Lipinski definition) is 0. The van der Waals surface area contributed by atoms with Gasteiger partial charge in [0.2, 0.25) is 0 Å². The van der Waals surface area contributed by atoms with Crippen molar-refractivity contribution in [2.24, 2.45) is 0 Å². The molecule has 0 aromatic heterocycles. The highest BCUT2D eigenvalue weighted by molar-refractivity contribution is 5.21. The van der Waals surface area contributed by atoms with Crippen LogP contribution in [0.5, 0.6) is 0 Å². The number of benzene rings is 2. The van der Waals surface area contributed by atoms with Crippen LogP contribution < -0.4 is 0 Å². The van der Waals surface area contributed by atoms with Crippen LogP contribution in [0.15, 0.2) is 60.7 Å². The molecule has 0 radical (unpaired) electrons. The number of ether oxygens (including phenoxy) is 7. The van der Waals surface area contributed by atoms with Gasteiger partial charge in [-0.2, -0.15) is 0 Å². The minimum absolute atomic E-state index is 0.0118. The lowest BCUT2D eigenvalue weighted by atomic mass is 9.95. The standard InChI is InChI=1S/C42H70O7/c1-7-13-15-23-29-41(46-31-9-3,47-32-10-4)39(37-25-19-17-20-26-37)44-35-43-36-45-40(38-27-21-18-22-28-38)42(48-33-11-5,49-34-12-6)30-24-16-14-8-2/h17-22,25-28,39-40H,7-16,23-24,29-36H2,1-6H3. The van der Waals surface area contributed by atoms with E-state index in [1.807, 2.05) is 36.4 Å². The molecule has 0 heterocycles. The van der Waals surface area contributed by atoms with Crippen molar-refractivity contribution in [3.63, 3.8) is 0 Å². The summed E-state index contributed by atoms with van der Waals surface area (Å²) < 4.78 is 46.0. The highest BCUT2D eigenvalue weighted by atomic mass is 16.8. The smallest absolute Gasteiger partial charge is 0.199 e. The fourth-order valence-corrected chi connectivity index (χ4v) is 6.11. The van der Waals surface area contributed by atoms with Gasteiger partial charge in [0.25, 0.3) is 0 Å². The lowest BCUT2D eigenvalue weighted by Crippen LogP contribution is -2.45. The first-order valence-corrected chi connectivity index (χ1v) is 19.5. The first-order chi connectivity index (χ1) is 24.1. The summed E-state index contributed by atoms with van der Waals surface area (Å²) in [5.41, 5.74) is 2.01. The van der Waals surface area contributed by atoms with Crippen LogP contribution >= 0.6 is 0 Å². The quantitative estimate of drug-likeness (QED) is 0.0560. The van der Waals surface area contributed by atoms with E-state index in [2.05, 4.69) is 65.8 Å². The van der Waals surface area contributed by atoms with E-state index in [0.717, 1.165) is 75.3 Å². The van der Waals surface area contributed by atoms with Gasteiger partial charge in [-0.3, -0.25) is 0 Å². The monoisotopic (exact) mass is 687 g/mol. The van der Waals surface area contributed by atoms with E-state index in [0.29, 0.717) is 26.4 Å². The van der Waals surface area contributed by atoms with Gasteiger partial charge in [0.15, 0.2) is 25.2 Å². The molecule has 7 heteroatoms. The molecule has 0 aliphatic heterocycles. The maximum atomic E-state index is 6.64. The molecule has 7 nitrogen and oxygen atoms in total. The van der Waals surface area contributed by atoms with Gasteiger partial charge in [0.1, 0.15) is 12.2 Å². The first-order valence-electron chi connectivity index (χ1n) is 19.5. The molecule has 2 unspecified atom stereocenters. The highest BCUT2D eigenvalue weighted by Crippen LogP contribution is 2.41. The van der Waals surface area contributed by atoms with E-state index in [1.165, 1.54) is 25.7 Å². The molecule has 0 amide bonds. The van der Waals surface area contributed by atoms with Gasteiger partial charge >= 0.3 is 0 Å². The second-order valence-electron chi connectivity index (χ2n) is 13.0. The Labute approximate surface area is 299 Å². The molecular formula is C42H70O7. The van der Waals surface area contributed by atoms with Crippen molar-refractivity contribution in [1.82, 2.24) is 0 Å². The zero-order valence-corrected chi connectivity index (χ0v) is 31.9. The topological polar surface area (TPSA) is 64.6 Å². The van der Waals surface area contributed by atoms with Crippen molar-refractivity contribution in [2.75, 3.05) is 40.0 Å². The Morgan fingerprint density at radius 1 is 0.429 bits per heavy atom. The van der Waals surface area contributed by atoms with Crippen molar-refractivity contribution >= 4 is 0 Å². The van der Waals surface area contributed by atoms with Gasteiger partial charge in [-0.05, 0) is 49.7 Å². The zero-order chi connectivity index (χ0) is 35.5. The van der Waals surface area contributed by atoms with Crippen LogP contribution in [-0.4, -0.2) is 51.6 Å². The van der Waals surface area contributed by atoms with E-state index < -0.39 is 23.8 Å². The van der Waals surface area contributed by atoms with Crippen molar-refractivity contribution in [3.8, 4) is 0 Å². The van der Waals surface area contributed by atoms with Gasteiger partial charge in [-0.15, -0.1) is 0 Å². The van der Waals surface area contributed by atoms with Crippen LogP contribution in [0.2, 0.25) is 0 Å². The van der Waals surface area contributed by atoms with Crippen molar-refractivity contribution in [3.05, 3.63) is 71.8 Å². The summed E-state index contributed by atoms with van der Waals surface area (Å²) in [7, 11) is 0. The summed E-state index contributed by atoms with van der Waals surface area (Å²) in [5, 5.41) is 0. The van der Waals surface area contributed by atoms with Gasteiger partial charge in [0.05, 0.1) is 0 Å². The minimum atomic E-state index is -0.923. The van der Waals surface area contributed by atoms with Crippen molar-refractivity contribution in [1.29, 1.82) is 0 Å². The Bertz CT molecular complexity index is 921. The summed E-state index contributed by atoms with van der Waals surface area (Å²) >= 11 is 0. The molecule has 2 aromatic carbocycles. The fourth-order valence-electron chi connectivity index (χ4n) is 6.11. The molecule has 0 saturated heterocycles. The van der Waals surface area contributed by atoms with E-state index in [9.17, 15) is 0 Å². The predicted octanol–water partition coefficient (Wildman–Crippen LogP) is 11.5. The van der Waals surface area contributed by atoms with Crippen molar-refractivity contribution < 1.29 is 33.2 Å².